The van der Waals surface area contributed by atoms with Crippen molar-refractivity contribution in [2.45, 2.75) is 20.0 Å². The minimum absolute atomic E-state index is 0.119. The molecular weight excluding hydrogens is 492 g/mol. The first-order valence-electron chi connectivity index (χ1n) is 10.4. The number of thiazole rings is 1. The van der Waals surface area contributed by atoms with E-state index in [9.17, 15) is 19.2 Å². The standard InChI is InChI=1S/C24H19ClN4O5S/c1-13(2)34-23(33)15-4-3-5-17(12-15)29-21(31)18(25)19(22(29)32)27-16-8-6-14(7-9-16)20(30)28-24-26-10-11-35-24/h3-13,27H,1-2H3,(H,26,28,30). The van der Waals surface area contributed by atoms with Crippen LogP contribution < -0.4 is 15.5 Å². The van der Waals surface area contributed by atoms with Gasteiger partial charge in [0.05, 0.1) is 17.4 Å². The molecule has 3 aromatic rings. The molecule has 0 fully saturated rings. The second-order valence-electron chi connectivity index (χ2n) is 7.63. The van der Waals surface area contributed by atoms with Gasteiger partial charge in [-0.3, -0.25) is 19.7 Å². The summed E-state index contributed by atoms with van der Waals surface area (Å²) in [6, 6.07) is 12.3. The van der Waals surface area contributed by atoms with E-state index in [4.69, 9.17) is 16.3 Å². The average molecular weight is 511 g/mol. The molecule has 9 nitrogen and oxygen atoms in total. The van der Waals surface area contributed by atoms with Gasteiger partial charge in [-0.15, -0.1) is 11.3 Å². The molecule has 11 heteroatoms. The highest BCUT2D eigenvalue weighted by Crippen LogP contribution is 2.31. The number of ether oxygens (including phenoxy) is 1. The van der Waals surface area contributed by atoms with Crippen LogP contribution >= 0.6 is 22.9 Å². The van der Waals surface area contributed by atoms with E-state index >= 15 is 0 Å². The molecule has 1 aliphatic heterocycles. The number of nitrogens with one attached hydrogen (secondary N) is 2. The molecule has 2 aromatic carbocycles. The van der Waals surface area contributed by atoms with Crippen molar-refractivity contribution in [3.05, 3.63) is 82.0 Å². The van der Waals surface area contributed by atoms with Crippen LogP contribution in [0.25, 0.3) is 0 Å². The lowest BCUT2D eigenvalue weighted by molar-refractivity contribution is -0.120. The third kappa shape index (κ3) is 5.23. The van der Waals surface area contributed by atoms with E-state index in [0.29, 0.717) is 16.4 Å². The van der Waals surface area contributed by atoms with Crippen LogP contribution in [0, 0.1) is 0 Å². The Morgan fingerprint density at radius 3 is 2.46 bits per heavy atom. The number of halogens is 1. The zero-order valence-electron chi connectivity index (χ0n) is 18.6. The van der Waals surface area contributed by atoms with Crippen LogP contribution in [0.2, 0.25) is 0 Å². The molecule has 4 rings (SSSR count). The van der Waals surface area contributed by atoms with E-state index in [1.165, 1.54) is 29.5 Å². The zero-order valence-corrected chi connectivity index (χ0v) is 20.1. The minimum Gasteiger partial charge on any atom is -0.459 e. The summed E-state index contributed by atoms with van der Waals surface area (Å²) < 4.78 is 5.18. The van der Waals surface area contributed by atoms with Crippen molar-refractivity contribution in [2.75, 3.05) is 15.5 Å². The number of imide groups is 1. The number of amides is 3. The summed E-state index contributed by atoms with van der Waals surface area (Å²) in [7, 11) is 0. The highest BCUT2D eigenvalue weighted by molar-refractivity contribution is 7.13. The predicted molar refractivity (Wildman–Crippen MR) is 132 cm³/mol. The van der Waals surface area contributed by atoms with Gasteiger partial charge in [-0.1, -0.05) is 17.7 Å². The molecule has 0 atom stereocenters. The lowest BCUT2D eigenvalue weighted by Crippen LogP contribution is -2.32. The van der Waals surface area contributed by atoms with E-state index in [-0.39, 0.29) is 34.0 Å². The number of rotatable bonds is 7. The normalized spacial score (nSPS) is 13.4. The Morgan fingerprint density at radius 2 is 1.80 bits per heavy atom. The fourth-order valence-corrected chi connectivity index (χ4v) is 3.94. The first-order chi connectivity index (χ1) is 16.7. The summed E-state index contributed by atoms with van der Waals surface area (Å²) in [4.78, 5) is 55.3. The summed E-state index contributed by atoms with van der Waals surface area (Å²) in [5.74, 6) is -2.32. The maximum Gasteiger partial charge on any atom is 0.338 e. The number of aromatic nitrogens is 1. The van der Waals surface area contributed by atoms with Gasteiger partial charge in [-0.2, -0.15) is 0 Å². The second kappa shape index (κ2) is 10.1. The van der Waals surface area contributed by atoms with Crippen LogP contribution in [-0.4, -0.2) is 34.8 Å². The zero-order chi connectivity index (χ0) is 25.1. The van der Waals surface area contributed by atoms with Gasteiger partial charge in [0.1, 0.15) is 10.7 Å². The Bertz CT molecular complexity index is 1340. The Balaban J connectivity index is 1.49. The molecule has 2 N–H and O–H groups in total. The molecule has 0 saturated carbocycles. The van der Waals surface area contributed by atoms with Crippen LogP contribution in [0.15, 0.2) is 70.8 Å². The van der Waals surface area contributed by atoms with E-state index in [1.54, 1.807) is 55.8 Å². The van der Waals surface area contributed by atoms with Gasteiger partial charge in [0, 0.05) is 22.8 Å². The van der Waals surface area contributed by atoms with Gasteiger partial charge in [-0.05, 0) is 56.3 Å². The molecule has 1 aromatic heterocycles. The number of hydrogen-bond acceptors (Lipinski definition) is 8. The van der Waals surface area contributed by atoms with Crippen LogP contribution in [-0.2, 0) is 14.3 Å². The molecule has 2 heterocycles. The van der Waals surface area contributed by atoms with E-state index in [0.717, 1.165) is 4.90 Å². The molecule has 3 amide bonds. The average Bonchev–Trinajstić information content (AvgIpc) is 3.41. The molecular formula is C24H19ClN4O5S. The van der Waals surface area contributed by atoms with Crippen molar-refractivity contribution in [2.24, 2.45) is 0 Å². The predicted octanol–water partition coefficient (Wildman–Crippen LogP) is 4.40. The van der Waals surface area contributed by atoms with Gasteiger partial charge in [0.2, 0.25) is 0 Å². The lowest BCUT2D eigenvalue weighted by Gasteiger charge is -2.16. The number of benzene rings is 2. The topological polar surface area (TPSA) is 118 Å². The van der Waals surface area contributed by atoms with Crippen molar-refractivity contribution < 1.29 is 23.9 Å². The first-order valence-corrected chi connectivity index (χ1v) is 11.7. The molecule has 0 saturated heterocycles. The quantitative estimate of drug-likeness (QED) is 0.357. The molecule has 35 heavy (non-hydrogen) atoms. The molecule has 178 valence electrons. The van der Waals surface area contributed by atoms with Gasteiger partial charge in [-0.25, -0.2) is 14.7 Å². The Hall–Kier alpha value is -4.02. The van der Waals surface area contributed by atoms with E-state index < -0.39 is 17.8 Å². The Labute approximate surface area is 209 Å². The maximum absolute atomic E-state index is 13.1. The summed E-state index contributed by atoms with van der Waals surface area (Å²) in [5, 5.41) is 7.45. The van der Waals surface area contributed by atoms with Gasteiger partial charge < -0.3 is 10.1 Å². The van der Waals surface area contributed by atoms with Crippen molar-refractivity contribution in [3.63, 3.8) is 0 Å². The molecule has 0 radical (unpaired) electrons. The summed E-state index contributed by atoms with van der Waals surface area (Å²) in [6.45, 7) is 3.44. The van der Waals surface area contributed by atoms with Crippen molar-refractivity contribution in [3.8, 4) is 0 Å². The smallest absolute Gasteiger partial charge is 0.338 e. The van der Waals surface area contributed by atoms with E-state index in [2.05, 4.69) is 15.6 Å². The lowest BCUT2D eigenvalue weighted by atomic mass is 10.2. The Morgan fingerprint density at radius 1 is 1.06 bits per heavy atom. The van der Waals surface area contributed by atoms with E-state index in [1.807, 2.05) is 0 Å². The van der Waals surface area contributed by atoms with Crippen LogP contribution in [0.4, 0.5) is 16.5 Å². The molecule has 1 aliphatic rings. The summed E-state index contributed by atoms with van der Waals surface area (Å²) in [5.41, 5.74) is 1.09. The third-order valence-electron chi connectivity index (χ3n) is 4.78. The number of carbonyl (C=O) groups excluding carboxylic acids is 4. The second-order valence-corrected chi connectivity index (χ2v) is 8.91. The van der Waals surface area contributed by atoms with Crippen molar-refractivity contribution >= 4 is 63.1 Å². The fraction of sp³-hybridized carbons (Fsp3) is 0.125. The molecule has 0 unspecified atom stereocenters. The third-order valence-corrected chi connectivity index (χ3v) is 5.82. The highest BCUT2D eigenvalue weighted by Gasteiger charge is 2.39. The molecule has 0 spiro atoms. The monoisotopic (exact) mass is 510 g/mol. The van der Waals surface area contributed by atoms with Crippen LogP contribution in [0.1, 0.15) is 34.6 Å². The fourth-order valence-electron chi connectivity index (χ4n) is 3.20. The largest absolute Gasteiger partial charge is 0.459 e. The highest BCUT2D eigenvalue weighted by atomic mass is 35.5. The maximum atomic E-state index is 13.1. The summed E-state index contributed by atoms with van der Waals surface area (Å²) in [6.07, 6.45) is 1.26. The van der Waals surface area contributed by atoms with Crippen LogP contribution in [0.5, 0.6) is 0 Å². The SMILES string of the molecule is CC(C)OC(=O)c1cccc(N2C(=O)C(Cl)=C(Nc3ccc(C(=O)Nc4nccs4)cc3)C2=O)c1. The first kappa shape index (κ1) is 24.1. The number of esters is 1. The number of carbonyl (C=O) groups is 4. The number of nitrogens with zero attached hydrogens (tertiary/aromatic N) is 2. The number of anilines is 3. The minimum atomic E-state index is -0.729. The molecule has 0 aliphatic carbocycles. The van der Waals surface area contributed by atoms with Gasteiger partial charge in [0.15, 0.2) is 5.13 Å². The van der Waals surface area contributed by atoms with Crippen LogP contribution in [0.3, 0.4) is 0 Å². The van der Waals surface area contributed by atoms with Gasteiger partial charge in [0.25, 0.3) is 17.7 Å². The van der Waals surface area contributed by atoms with Crippen molar-refractivity contribution in [1.82, 2.24) is 4.98 Å². The van der Waals surface area contributed by atoms with Gasteiger partial charge >= 0.3 is 5.97 Å². The number of hydrogen-bond donors (Lipinski definition) is 2. The Kier molecular flexibility index (Phi) is 6.94. The van der Waals surface area contributed by atoms with Crippen molar-refractivity contribution in [1.29, 1.82) is 0 Å². The molecule has 0 bridgehead atoms. The summed E-state index contributed by atoms with van der Waals surface area (Å²) >= 11 is 7.49.